The zero-order valence-corrected chi connectivity index (χ0v) is 12.9. The number of rotatable bonds is 9. The zero-order valence-electron chi connectivity index (χ0n) is 12.9. The second-order valence-corrected chi connectivity index (χ2v) is 5.01. The van der Waals surface area contributed by atoms with Gasteiger partial charge in [-0.25, -0.2) is 0 Å². The lowest BCUT2D eigenvalue weighted by atomic mass is 10.2. The van der Waals surface area contributed by atoms with Crippen LogP contribution in [0.2, 0.25) is 0 Å². The van der Waals surface area contributed by atoms with Crippen LogP contribution >= 0.6 is 0 Å². The third-order valence-corrected chi connectivity index (χ3v) is 2.97. The van der Waals surface area contributed by atoms with Crippen molar-refractivity contribution in [1.29, 1.82) is 0 Å². The first kappa shape index (κ1) is 16.6. The maximum Gasteiger partial charge on any atom is 0.320 e. The van der Waals surface area contributed by atoms with Gasteiger partial charge in [-0.15, -0.1) is 0 Å². The molecule has 0 bridgehead atoms. The van der Waals surface area contributed by atoms with Gasteiger partial charge in [0.25, 0.3) is 0 Å². The number of unbranched alkanes of at least 4 members (excludes halogenated alkanes) is 1. The van der Waals surface area contributed by atoms with E-state index in [1.54, 1.807) is 6.92 Å². The fourth-order valence-electron chi connectivity index (χ4n) is 1.76. The standard InChI is InChI=1S/C14H25N3O3/c1-5-7-8-12-15-13(20-16-12)9-17(11(3)4)10-14(18)19-6-2/h11H,5-10H2,1-4H3. The molecule has 0 aliphatic heterocycles. The summed E-state index contributed by atoms with van der Waals surface area (Å²) < 4.78 is 10.2. The van der Waals surface area contributed by atoms with E-state index in [0.29, 0.717) is 19.0 Å². The van der Waals surface area contributed by atoms with Crippen LogP contribution in [0.1, 0.15) is 52.3 Å². The highest BCUT2D eigenvalue weighted by Gasteiger charge is 2.18. The molecule has 0 N–H and O–H groups in total. The molecule has 114 valence electrons. The lowest BCUT2D eigenvalue weighted by Crippen LogP contribution is -2.36. The fourth-order valence-corrected chi connectivity index (χ4v) is 1.76. The molecule has 0 atom stereocenters. The van der Waals surface area contributed by atoms with E-state index in [-0.39, 0.29) is 18.6 Å². The molecule has 0 spiro atoms. The summed E-state index contributed by atoms with van der Waals surface area (Å²) in [5, 5.41) is 3.95. The van der Waals surface area contributed by atoms with Crippen LogP contribution in [0.3, 0.4) is 0 Å². The topological polar surface area (TPSA) is 68.5 Å². The highest BCUT2D eigenvalue weighted by atomic mass is 16.5. The molecule has 0 unspecified atom stereocenters. The van der Waals surface area contributed by atoms with Gasteiger partial charge in [-0.3, -0.25) is 9.69 Å². The van der Waals surface area contributed by atoms with Gasteiger partial charge < -0.3 is 9.26 Å². The number of aromatic nitrogens is 2. The van der Waals surface area contributed by atoms with E-state index in [9.17, 15) is 4.79 Å². The second kappa shape index (κ2) is 8.68. The third kappa shape index (κ3) is 5.69. The monoisotopic (exact) mass is 283 g/mol. The van der Waals surface area contributed by atoms with E-state index in [2.05, 4.69) is 17.1 Å². The summed E-state index contributed by atoms with van der Waals surface area (Å²) in [5.41, 5.74) is 0. The molecular weight excluding hydrogens is 258 g/mol. The van der Waals surface area contributed by atoms with Gasteiger partial charge in [-0.05, 0) is 27.2 Å². The molecule has 1 aromatic heterocycles. The predicted octanol–water partition coefficient (Wildman–Crippen LogP) is 2.19. The quantitative estimate of drug-likeness (QED) is 0.647. The van der Waals surface area contributed by atoms with Crippen LogP contribution in [0.4, 0.5) is 0 Å². The van der Waals surface area contributed by atoms with Crippen molar-refractivity contribution < 1.29 is 14.1 Å². The van der Waals surface area contributed by atoms with Crippen LogP contribution in [-0.2, 0) is 22.5 Å². The molecule has 0 aliphatic carbocycles. The normalized spacial score (nSPS) is 11.3. The Morgan fingerprint density at radius 2 is 2.15 bits per heavy atom. The molecular formula is C14H25N3O3. The van der Waals surface area contributed by atoms with E-state index >= 15 is 0 Å². The number of aryl methyl sites for hydroxylation is 1. The summed E-state index contributed by atoms with van der Waals surface area (Å²) in [6.07, 6.45) is 2.99. The summed E-state index contributed by atoms with van der Waals surface area (Å²) in [6, 6.07) is 0.199. The van der Waals surface area contributed by atoms with Crippen molar-refractivity contribution in [1.82, 2.24) is 15.0 Å². The molecule has 20 heavy (non-hydrogen) atoms. The molecule has 1 heterocycles. The summed E-state index contributed by atoms with van der Waals surface area (Å²) in [5.74, 6) is 1.06. The number of esters is 1. The van der Waals surface area contributed by atoms with Gasteiger partial charge in [0.2, 0.25) is 5.89 Å². The maximum absolute atomic E-state index is 11.6. The van der Waals surface area contributed by atoms with Gasteiger partial charge in [0.05, 0.1) is 19.7 Å². The van der Waals surface area contributed by atoms with Crippen LogP contribution in [0, 0.1) is 0 Å². The minimum Gasteiger partial charge on any atom is -0.465 e. The van der Waals surface area contributed by atoms with Crippen molar-refractivity contribution in [3.63, 3.8) is 0 Å². The SMILES string of the molecule is CCCCc1noc(CN(CC(=O)OCC)C(C)C)n1. The van der Waals surface area contributed by atoms with E-state index in [1.807, 2.05) is 18.7 Å². The summed E-state index contributed by atoms with van der Waals surface area (Å²) in [4.78, 5) is 17.9. The van der Waals surface area contributed by atoms with E-state index in [4.69, 9.17) is 9.26 Å². The van der Waals surface area contributed by atoms with Crippen molar-refractivity contribution in [2.45, 2.75) is 59.5 Å². The van der Waals surface area contributed by atoms with Gasteiger partial charge in [0, 0.05) is 12.5 Å². The first-order valence-electron chi connectivity index (χ1n) is 7.27. The molecule has 0 radical (unpaired) electrons. The van der Waals surface area contributed by atoms with Gasteiger partial charge in [-0.2, -0.15) is 4.98 Å². The average molecular weight is 283 g/mol. The summed E-state index contributed by atoms with van der Waals surface area (Å²) >= 11 is 0. The van der Waals surface area contributed by atoms with Gasteiger partial charge in [0.15, 0.2) is 5.82 Å². The Bertz CT molecular complexity index is 404. The van der Waals surface area contributed by atoms with Crippen LogP contribution in [0.5, 0.6) is 0 Å². The number of hydrogen-bond acceptors (Lipinski definition) is 6. The highest BCUT2D eigenvalue weighted by molar-refractivity contribution is 5.71. The Kier molecular flexibility index (Phi) is 7.22. The van der Waals surface area contributed by atoms with Crippen molar-refractivity contribution in [3.8, 4) is 0 Å². The van der Waals surface area contributed by atoms with Gasteiger partial charge >= 0.3 is 5.97 Å². The summed E-state index contributed by atoms with van der Waals surface area (Å²) in [6.45, 7) is 9.07. The minimum atomic E-state index is -0.230. The molecule has 6 heteroatoms. The van der Waals surface area contributed by atoms with E-state index < -0.39 is 0 Å². The number of carbonyl (C=O) groups is 1. The molecule has 0 saturated heterocycles. The number of ether oxygens (including phenoxy) is 1. The number of hydrogen-bond donors (Lipinski definition) is 0. The van der Waals surface area contributed by atoms with Crippen molar-refractivity contribution >= 4 is 5.97 Å². The second-order valence-electron chi connectivity index (χ2n) is 5.01. The number of carbonyl (C=O) groups excluding carboxylic acids is 1. The van der Waals surface area contributed by atoms with Crippen molar-refractivity contribution in [2.24, 2.45) is 0 Å². The zero-order chi connectivity index (χ0) is 15.0. The predicted molar refractivity (Wildman–Crippen MR) is 75.1 cm³/mol. The lowest BCUT2D eigenvalue weighted by molar-refractivity contribution is -0.145. The van der Waals surface area contributed by atoms with Crippen molar-refractivity contribution in [3.05, 3.63) is 11.7 Å². The van der Waals surface area contributed by atoms with Crippen molar-refractivity contribution in [2.75, 3.05) is 13.2 Å². The smallest absolute Gasteiger partial charge is 0.320 e. The van der Waals surface area contributed by atoms with Crippen LogP contribution in [0.15, 0.2) is 4.52 Å². The Morgan fingerprint density at radius 1 is 1.40 bits per heavy atom. The Labute approximate surface area is 120 Å². The fraction of sp³-hybridized carbons (Fsp3) is 0.786. The van der Waals surface area contributed by atoms with Crippen LogP contribution < -0.4 is 0 Å². The first-order valence-corrected chi connectivity index (χ1v) is 7.27. The average Bonchev–Trinajstić information content (AvgIpc) is 2.83. The third-order valence-electron chi connectivity index (χ3n) is 2.97. The molecule has 1 rings (SSSR count). The molecule has 0 aliphatic rings. The molecule has 0 fully saturated rings. The molecule has 1 aromatic rings. The molecule has 0 aromatic carbocycles. The minimum absolute atomic E-state index is 0.199. The highest BCUT2D eigenvalue weighted by Crippen LogP contribution is 2.08. The molecule has 0 saturated carbocycles. The maximum atomic E-state index is 11.6. The summed E-state index contributed by atoms with van der Waals surface area (Å²) in [7, 11) is 0. The number of nitrogens with zero attached hydrogens (tertiary/aromatic N) is 3. The van der Waals surface area contributed by atoms with Crippen LogP contribution in [0.25, 0.3) is 0 Å². The van der Waals surface area contributed by atoms with Crippen LogP contribution in [-0.4, -0.2) is 40.2 Å². The Balaban J connectivity index is 2.56. The van der Waals surface area contributed by atoms with E-state index in [0.717, 1.165) is 25.1 Å². The van der Waals surface area contributed by atoms with Gasteiger partial charge in [-0.1, -0.05) is 18.5 Å². The first-order chi connectivity index (χ1) is 9.56. The largest absolute Gasteiger partial charge is 0.465 e. The molecule has 6 nitrogen and oxygen atoms in total. The lowest BCUT2D eigenvalue weighted by Gasteiger charge is -2.23. The van der Waals surface area contributed by atoms with E-state index in [1.165, 1.54) is 0 Å². The van der Waals surface area contributed by atoms with Gasteiger partial charge in [0.1, 0.15) is 0 Å². The Hall–Kier alpha value is -1.43. The molecule has 0 amide bonds. The Morgan fingerprint density at radius 3 is 2.75 bits per heavy atom.